The summed E-state index contributed by atoms with van der Waals surface area (Å²) in [4.78, 5) is 24.9. The lowest BCUT2D eigenvalue weighted by Gasteiger charge is -2.07. The van der Waals surface area contributed by atoms with Crippen LogP contribution in [0, 0.1) is 13.8 Å². The summed E-state index contributed by atoms with van der Waals surface area (Å²) in [5.41, 5.74) is 1.95. The van der Waals surface area contributed by atoms with E-state index in [1.54, 1.807) is 13.0 Å². The highest BCUT2D eigenvalue weighted by molar-refractivity contribution is 7.99. The highest BCUT2D eigenvalue weighted by Crippen LogP contribution is 2.17. The topological polar surface area (TPSA) is 78.1 Å². The molecule has 28 heavy (non-hydrogen) atoms. The van der Waals surface area contributed by atoms with Crippen LogP contribution in [0.4, 0.5) is 0 Å². The molecule has 3 rings (SSSR count). The molecule has 0 radical (unpaired) electrons. The van der Waals surface area contributed by atoms with Gasteiger partial charge in [-0.1, -0.05) is 36.4 Å². The van der Waals surface area contributed by atoms with Crippen LogP contribution < -0.4 is 5.69 Å². The molecule has 0 bridgehead atoms. The van der Waals surface area contributed by atoms with Gasteiger partial charge in [0.1, 0.15) is 0 Å². The van der Waals surface area contributed by atoms with Gasteiger partial charge in [-0.05, 0) is 42.7 Å². The summed E-state index contributed by atoms with van der Waals surface area (Å²) in [5.74, 6) is 0.242. The SMILES string of the molecule is Cc1ccc(S(=O)(=O)n2ccn(C(=O)CSCc3ccccc3)c2=O)cc1C. The van der Waals surface area contributed by atoms with E-state index in [4.69, 9.17) is 0 Å². The number of carbonyl (C=O) groups is 1. The first-order valence-corrected chi connectivity index (χ1v) is 11.2. The molecular formula is C20H20N2O4S2. The molecule has 0 amide bonds. The molecular weight excluding hydrogens is 396 g/mol. The molecule has 3 aromatic rings. The van der Waals surface area contributed by atoms with Crippen molar-refractivity contribution in [3.05, 3.63) is 88.1 Å². The monoisotopic (exact) mass is 416 g/mol. The zero-order valence-corrected chi connectivity index (χ0v) is 17.2. The van der Waals surface area contributed by atoms with E-state index in [-0.39, 0.29) is 10.6 Å². The fraction of sp³-hybridized carbons (Fsp3) is 0.200. The first kappa shape index (κ1) is 20.2. The number of carbonyl (C=O) groups excluding carboxylic acids is 1. The minimum atomic E-state index is -4.06. The van der Waals surface area contributed by atoms with Crippen LogP contribution >= 0.6 is 11.8 Å². The van der Waals surface area contributed by atoms with Crippen LogP contribution in [0.1, 0.15) is 21.5 Å². The molecule has 0 atom stereocenters. The molecule has 8 heteroatoms. The maximum atomic E-state index is 12.8. The lowest BCUT2D eigenvalue weighted by Crippen LogP contribution is -2.33. The first-order chi connectivity index (χ1) is 13.3. The zero-order valence-electron chi connectivity index (χ0n) is 15.5. The molecule has 0 saturated carbocycles. The van der Waals surface area contributed by atoms with E-state index in [2.05, 4.69) is 0 Å². The van der Waals surface area contributed by atoms with Gasteiger partial charge in [0, 0.05) is 18.1 Å². The maximum Gasteiger partial charge on any atom is 0.349 e. The largest absolute Gasteiger partial charge is 0.349 e. The quantitative estimate of drug-likeness (QED) is 0.617. The van der Waals surface area contributed by atoms with Crippen molar-refractivity contribution in [2.75, 3.05) is 5.75 Å². The molecule has 0 N–H and O–H groups in total. The fourth-order valence-corrected chi connectivity index (χ4v) is 4.77. The van der Waals surface area contributed by atoms with Crippen molar-refractivity contribution >= 4 is 27.7 Å². The molecule has 6 nitrogen and oxygen atoms in total. The molecule has 0 aliphatic heterocycles. The number of imidazole rings is 1. The van der Waals surface area contributed by atoms with Crippen molar-refractivity contribution in [3.63, 3.8) is 0 Å². The Balaban J connectivity index is 1.78. The van der Waals surface area contributed by atoms with E-state index in [0.717, 1.165) is 27.5 Å². The Morgan fingerprint density at radius 3 is 2.39 bits per heavy atom. The Labute approximate surface area is 167 Å². The average Bonchev–Trinajstić information content (AvgIpc) is 3.07. The minimum absolute atomic E-state index is 0.0151. The molecule has 146 valence electrons. The van der Waals surface area contributed by atoms with Crippen LogP contribution in [0.25, 0.3) is 0 Å². The number of benzene rings is 2. The van der Waals surface area contributed by atoms with Gasteiger partial charge in [-0.2, -0.15) is 3.97 Å². The normalized spacial score (nSPS) is 11.5. The average molecular weight is 417 g/mol. The van der Waals surface area contributed by atoms with E-state index in [1.807, 2.05) is 37.3 Å². The van der Waals surface area contributed by atoms with Gasteiger partial charge in [-0.15, -0.1) is 11.8 Å². The van der Waals surface area contributed by atoms with Crippen molar-refractivity contribution < 1.29 is 13.2 Å². The molecule has 0 aliphatic rings. The predicted molar refractivity (Wildman–Crippen MR) is 110 cm³/mol. The molecule has 0 spiro atoms. The van der Waals surface area contributed by atoms with Gasteiger partial charge < -0.3 is 0 Å². The third kappa shape index (κ3) is 4.13. The molecule has 1 heterocycles. The number of hydrogen-bond donors (Lipinski definition) is 0. The van der Waals surface area contributed by atoms with Gasteiger partial charge in [0.05, 0.1) is 10.6 Å². The second-order valence-electron chi connectivity index (χ2n) is 6.37. The summed E-state index contributed by atoms with van der Waals surface area (Å²) in [6.07, 6.45) is 2.32. The maximum absolute atomic E-state index is 12.8. The Morgan fingerprint density at radius 1 is 1.00 bits per heavy atom. The molecule has 0 fully saturated rings. The van der Waals surface area contributed by atoms with E-state index < -0.39 is 21.6 Å². The highest BCUT2D eigenvalue weighted by atomic mass is 32.2. The van der Waals surface area contributed by atoms with Gasteiger partial charge in [-0.25, -0.2) is 17.8 Å². The first-order valence-electron chi connectivity index (χ1n) is 8.58. The molecule has 0 saturated heterocycles. The highest BCUT2D eigenvalue weighted by Gasteiger charge is 2.22. The van der Waals surface area contributed by atoms with Gasteiger partial charge in [0.25, 0.3) is 10.0 Å². The van der Waals surface area contributed by atoms with Crippen LogP contribution in [-0.4, -0.2) is 28.6 Å². The molecule has 0 unspecified atom stereocenters. The van der Waals surface area contributed by atoms with Crippen LogP contribution in [0.15, 0.2) is 70.6 Å². The molecule has 1 aromatic heterocycles. The fourth-order valence-electron chi connectivity index (χ4n) is 2.62. The van der Waals surface area contributed by atoms with Gasteiger partial charge in [-0.3, -0.25) is 4.79 Å². The van der Waals surface area contributed by atoms with Crippen LogP contribution in [0.2, 0.25) is 0 Å². The van der Waals surface area contributed by atoms with E-state index in [0.29, 0.717) is 9.73 Å². The summed E-state index contributed by atoms with van der Waals surface area (Å²) in [5, 5.41) is 0. The summed E-state index contributed by atoms with van der Waals surface area (Å²) >= 11 is 1.37. The summed E-state index contributed by atoms with van der Waals surface area (Å²) in [6, 6.07) is 14.3. The van der Waals surface area contributed by atoms with Gasteiger partial charge in [0.2, 0.25) is 5.91 Å². The second-order valence-corrected chi connectivity index (χ2v) is 9.17. The van der Waals surface area contributed by atoms with E-state index in [1.165, 1.54) is 30.1 Å². The van der Waals surface area contributed by atoms with E-state index >= 15 is 0 Å². The van der Waals surface area contributed by atoms with Crippen molar-refractivity contribution in [3.8, 4) is 0 Å². The lowest BCUT2D eigenvalue weighted by atomic mass is 10.1. The van der Waals surface area contributed by atoms with Crippen molar-refractivity contribution in [1.82, 2.24) is 8.54 Å². The number of thioether (sulfide) groups is 1. The Hall–Kier alpha value is -2.58. The third-order valence-corrected chi connectivity index (χ3v) is 7.02. The van der Waals surface area contributed by atoms with E-state index in [9.17, 15) is 18.0 Å². The Kier molecular flexibility index (Phi) is 5.90. The summed E-state index contributed by atoms with van der Waals surface area (Å²) < 4.78 is 27.0. The number of aryl methyl sites for hydroxylation is 2. The standard InChI is InChI=1S/C20H20N2O4S2/c1-15-8-9-18(12-16(15)2)28(25,26)22-11-10-21(20(22)24)19(23)14-27-13-17-6-4-3-5-7-17/h3-12H,13-14H2,1-2H3. The Bertz CT molecular complexity index is 1160. The number of nitrogens with zero attached hydrogens (tertiary/aromatic N) is 2. The predicted octanol–water partition coefficient (Wildman–Crippen LogP) is 3.08. The molecule has 2 aromatic carbocycles. The van der Waals surface area contributed by atoms with Crippen LogP contribution in [0.3, 0.4) is 0 Å². The third-order valence-electron chi connectivity index (χ3n) is 4.39. The number of hydrogen-bond acceptors (Lipinski definition) is 5. The van der Waals surface area contributed by atoms with Crippen molar-refractivity contribution in [2.45, 2.75) is 24.5 Å². The van der Waals surface area contributed by atoms with Gasteiger partial charge >= 0.3 is 5.69 Å². The van der Waals surface area contributed by atoms with Crippen LogP contribution in [0.5, 0.6) is 0 Å². The van der Waals surface area contributed by atoms with Crippen molar-refractivity contribution in [1.29, 1.82) is 0 Å². The zero-order chi connectivity index (χ0) is 20.3. The number of aromatic nitrogens is 2. The smallest absolute Gasteiger partial charge is 0.273 e. The number of rotatable bonds is 6. The summed E-state index contributed by atoms with van der Waals surface area (Å²) in [6.45, 7) is 3.68. The lowest BCUT2D eigenvalue weighted by molar-refractivity contribution is 0.0938. The minimum Gasteiger partial charge on any atom is -0.273 e. The Morgan fingerprint density at radius 2 is 1.71 bits per heavy atom. The van der Waals surface area contributed by atoms with Gasteiger partial charge in [0.15, 0.2) is 0 Å². The molecule has 0 aliphatic carbocycles. The van der Waals surface area contributed by atoms with Crippen molar-refractivity contribution in [2.24, 2.45) is 0 Å². The summed E-state index contributed by atoms with van der Waals surface area (Å²) in [7, 11) is -4.06. The second kappa shape index (κ2) is 8.20. The van der Waals surface area contributed by atoms with Crippen LogP contribution in [-0.2, 0) is 15.8 Å².